The monoisotopic (exact) mass is 502 g/mol. The summed E-state index contributed by atoms with van der Waals surface area (Å²) in [5.74, 6) is -0.584. The topological polar surface area (TPSA) is 57.3 Å². The summed E-state index contributed by atoms with van der Waals surface area (Å²) >= 11 is 0. The van der Waals surface area contributed by atoms with E-state index in [4.69, 9.17) is 0 Å². The molecule has 0 aliphatic rings. The van der Waals surface area contributed by atoms with Crippen LogP contribution in [0, 0.1) is 12.7 Å². The van der Waals surface area contributed by atoms with Crippen molar-refractivity contribution in [1.82, 2.24) is 15.6 Å². The number of aromatic nitrogens is 1. The Morgan fingerprint density at radius 3 is 2.22 bits per heavy atom. The van der Waals surface area contributed by atoms with E-state index in [9.17, 15) is 22.4 Å². The SMILES string of the molecule is CNC(=O)[C@H](N[C@H](CCc1ccc(C(F)(F)F)nc1)c1ccc(F)c(C)c1)c1ccc(N(C)C)cc1. The van der Waals surface area contributed by atoms with E-state index in [1.807, 2.05) is 43.3 Å². The van der Waals surface area contributed by atoms with Crippen molar-refractivity contribution in [3.05, 3.63) is 94.6 Å². The van der Waals surface area contributed by atoms with Crippen LogP contribution in [0.2, 0.25) is 0 Å². The predicted octanol–water partition coefficient (Wildman–Crippen LogP) is 5.36. The second-order valence-electron chi connectivity index (χ2n) is 8.85. The summed E-state index contributed by atoms with van der Waals surface area (Å²) in [6.45, 7) is 1.66. The minimum Gasteiger partial charge on any atom is -0.378 e. The van der Waals surface area contributed by atoms with E-state index in [2.05, 4.69) is 15.6 Å². The van der Waals surface area contributed by atoms with Crippen LogP contribution in [0.25, 0.3) is 0 Å². The fourth-order valence-electron chi connectivity index (χ4n) is 3.92. The number of likely N-dealkylation sites (N-methyl/N-ethyl adjacent to an activating group) is 1. The Bertz CT molecular complexity index is 1160. The molecule has 0 aliphatic carbocycles. The highest BCUT2D eigenvalue weighted by molar-refractivity contribution is 5.83. The molecule has 0 bridgehead atoms. The van der Waals surface area contributed by atoms with Gasteiger partial charge in [-0.05, 0) is 66.3 Å². The van der Waals surface area contributed by atoms with Crippen LogP contribution in [-0.2, 0) is 17.4 Å². The van der Waals surface area contributed by atoms with Crippen LogP contribution in [0.4, 0.5) is 23.2 Å². The lowest BCUT2D eigenvalue weighted by Gasteiger charge is -2.26. The Labute approximate surface area is 208 Å². The molecule has 0 saturated carbocycles. The maximum absolute atomic E-state index is 14.0. The van der Waals surface area contributed by atoms with Crippen LogP contribution in [0.5, 0.6) is 0 Å². The third kappa shape index (κ3) is 6.81. The van der Waals surface area contributed by atoms with E-state index in [1.54, 1.807) is 26.1 Å². The summed E-state index contributed by atoms with van der Waals surface area (Å²) in [6, 6.07) is 13.6. The number of carbonyl (C=O) groups is 1. The second-order valence-corrected chi connectivity index (χ2v) is 8.85. The zero-order chi connectivity index (χ0) is 26.5. The molecule has 2 atom stereocenters. The average Bonchev–Trinajstić information content (AvgIpc) is 2.85. The Morgan fingerprint density at radius 1 is 1.03 bits per heavy atom. The zero-order valence-corrected chi connectivity index (χ0v) is 20.7. The minimum atomic E-state index is -4.50. The molecule has 5 nitrogen and oxygen atoms in total. The maximum Gasteiger partial charge on any atom is 0.433 e. The van der Waals surface area contributed by atoms with Crippen molar-refractivity contribution < 1.29 is 22.4 Å². The Kier molecular flexibility index (Phi) is 8.68. The molecular weight excluding hydrogens is 472 g/mol. The molecule has 0 aliphatic heterocycles. The number of benzene rings is 2. The van der Waals surface area contributed by atoms with Crippen molar-refractivity contribution in [3.63, 3.8) is 0 Å². The van der Waals surface area contributed by atoms with Crippen molar-refractivity contribution in [1.29, 1.82) is 0 Å². The summed E-state index contributed by atoms with van der Waals surface area (Å²) in [5.41, 5.74) is 2.64. The molecule has 1 aromatic heterocycles. The van der Waals surface area contributed by atoms with Crippen molar-refractivity contribution in [3.8, 4) is 0 Å². The fraction of sp³-hybridized carbons (Fsp3) is 0.333. The number of anilines is 1. The Morgan fingerprint density at radius 2 is 1.69 bits per heavy atom. The second kappa shape index (κ2) is 11.5. The van der Waals surface area contributed by atoms with Gasteiger partial charge in [0.1, 0.15) is 17.6 Å². The third-order valence-electron chi connectivity index (χ3n) is 6.04. The first-order chi connectivity index (χ1) is 17.0. The molecule has 0 radical (unpaired) electrons. The number of hydrogen-bond donors (Lipinski definition) is 2. The highest BCUT2D eigenvalue weighted by Crippen LogP contribution is 2.29. The molecule has 36 heavy (non-hydrogen) atoms. The number of carbonyl (C=O) groups excluding carboxylic acids is 1. The highest BCUT2D eigenvalue weighted by Gasteiger charge is 2.32. The lowest BCUT2D eigenvalue weighted by Crippen LogP contribution is -2.38. The van der Waals surface area contributed by atoms with Gasteiger partial charge in [-0.2, -0.15) is 13.2 Å². The van der Waals surface area contributed by atoms with E-state index < -0.39 is 17.9 Å². The number of hydrogen-bond acceptors (Lipinski definition) is 4. The number of halogens is 4. The van der Waals surface area contributed by atoms with Gasteiger partial charge in [0.15, 0.2) is 0 Å². The Balaban J connectivity index is 1.89. The number of nitrogens with one attached hydrogen (secondary N) is 2. The largest absolute Gasteiger partial charge is 0.433 e. The molecule has 192 valence electrons. The van der Waals surface area contributed by atoms with Crippen molar-refractivity contribution in [2.45, 2.75) is 38.0 Å². The maximum atomic E-state index is 14.0. The van der Waals surface area contributed by atoms with Crippen LogP contribution in [-0.4, -0.2) is 32.0 Å². The summed E-state index contributed by atoms with van der Waals surface area (Å²) in [5, 5.41) is 6.07. The molecular formula is C27H30F4N4O. The van der Waals surface area contributed by atoms with E-state index in [-0.39, 0.29) is 17.8 Å². The molecule has 0 spiro atoms. The molecule has 0 fully saturated rings. The Hall–Kier alpha value is -3.46. The summed E-state index contributed by atoms with van der Waals surface area (Å²) < 4.78 is 52.6. The first-order valence-corrected chi connectivity index (χ1v) is 11.5. The minimum absolute atomic E-state index is 0.243. The van der Waals surface area contributed by atoms with Gasteiger partial charge in [0.2, 0.25) is 5.91 Å². The molecule has 0 unspecified atom stereocenters. The standard InChI is InChI=1S/C27H30F4N4O/c1-17-15-20(9-12-22(17)28)23(13-5-18-6-14-24(33-16-18)27(29,30)31)34-25(26(36)32-2)19-7-10-21(11-8-19)35(3)4/h6-12,14-16,23,25,34H,5,13H2,1-4H3,(H,32,36)/t23-,25-/m1/s1. The number of aryl methyl sites for hydroxylation is 2. The summed E-state index contributed by atoms with van der Waals surface area (Å²) in [7, 11) is 5.40. The number of nitrogens with zero attached hydrogens (tertiary/aromatic N) is 2. The summed E-state index contributed by atoms with van der Waals surface area (Å²) in [6.07, 6.45) is -2.44. The van der Waals surface area contributed by atoms with Crippen LogP contribution in [0.3, 0.4) is 0 Å². The van der Waals surface area contributed by atoms with Crippen LogP contribution < -0.4 is 15.5 Å². The van der Waals surface area contributed by atoms with Gasteiger partial charge >= 0.3 is 6.18 Å². The molecule has 3 aromatic rings. The van der Waals surface area contributed by atoms with E-state index >= 15 is 0 Å². The lowest BCUT2D eigenvalue weighted by atomic mass is 9.95. The first kappa shape index (κ1) is 27.1. The van der Waals surface area contributed by atoms with E-state index in [0.717, 1.165) is 22.9 Å². The molecule has 1 heterocycles. The van der Waals surface area contributed by atoms with Gasteiger partial charge in [-0.3, -0.25) is 15.1 Å². The van der Waals surface area contributed by atoms with Gasteiger partial charge in [0.25, 0.3) is 0 Å². The van der Waals surface area contributed by atoms with Gasteiger partial charge in [-0.25, -0.2) is 4.39 Å². The van der Waals surface area contributed by atoms with Crippen molar-refractivity contribution in [2.24, 2.45) is 0 Å². The van der Waals surface area contributed by atoms with E-state index in [1.165, 1.54) is 18.3 Å². The zero-order valence-electron chi connectivity index (χ0n) is 20.7. The van der Waals surface area contributed by atoms with Gasteiger partial charge < -0.3 is 10.2 Å². The molecule has 2 N–H and O–H groups in total. The number of alkyl halides is 3. The molecule has 0 saturated heterocycles. The van der Waals surface area contributed by atoms with Gasteiger partial charge in [0, 0.05) is 39.1 Å². The molecule has 3 rings (SSSR count). The number of pyridine rings is 1. The fourth-order valence-corrected chi connectivity index (χ4v) is 3.92. The summed E-state index contributed by atoms with van der Waals surface area (Å²) in [4.78, 5) is 18.4. The van der Waals surface area contributed by atoms with Crippen LogP contribution >= 0.6 is 0 Å². The molecule has 1 amide bonds. The predicted molar refractivity (Wildman–Crippen MR) is 132 cm³/mol. The molecule has 2 aromatic carbocycles. The van der Waals surface area contributed by atoms with Crippen molar-refractivity contribution in [2.75, 3.05) is 26.0 Å². The number of rotatable bonds is 9. The normalized spacial score (nSPS) is 13.2. The van der Waals surface area contributed by atoms with Gasteiger partial charge in [0.05, 0.1) is 0 Å². The average molecular weight is 503 g/mol. The highest BCUT2D eigenvalue weighted by atomic mass is 19.4. The van der Waals surface area contributed by atoms with Gasteiger partial charge in [-0.15, -0.1) is 0 Å². The van der Waals surface area contributed by atoms with Crippen molar-refractivity contribution >= 4 is 11.6 Å². The third-order valence-corrected chi connectivity index (χ3v) is 6.04. The van der Waals surface area contributed by atoms with E-state index in [0.29, 0.717) is 24.0 Å². The quantitative estimate of drug-likeness (QED) is 0.387. The smallest absolute Gasteiger partial charge is 0.378 e. The van der Waals surface area contributed by atoms with Crippen LogP contribution in [0.15, 0.2) is 60.8 Å². The van der Waals surface area contributed by atoms with Gasteiger partial charge in [-0.1, -0.05) is 30.3 Å². The number of amides is 1. The molecule has 9 heteroatoms. The van der Waals surface area contributed by atoms with Crippen LogP contribution in [0.1, 0.15) is 46.5 Å². The lowest BCUT2D eigenvalue weighted by molar-refractivity contribution is -0.141. The first-order valence-electron chi connectivity index (χ1n) is 11.5.